The van der Waals surface area contributed by atoms with Gasteiger partial charge in [0.25, 0.3) is 0 Å². The van der Waals surface area contributed by atoms with Crippen LogP contribution in [0.4, 0.5) is 0 Å². The van der Waals surface area contributed by atoms with Gasteiger partial charge in [-0.05, 0) is 76.9 Å². The highest BCUT2D eigenvalue weighted by Gasteiger charge is 2.16. The van der Waals surface area contributed by atoms with E-state index in [1.165, 1.54) is 11.1 Å². The van der Waals surface area contributed by atoms with Crippen LogP contribution in [0.3, 0.4) is 0 Å². The highest BCUT2D eigenvalue weighted by Crippen LogP contribution is 2.29. The molecule has 0 fully saturated rings. The molecule has 0 amide bonds. The lowest BCUT2D eigenvalue weighted by molar-refractivity contribution is 0.795. The average molecular weight is 555 g/mol. The fourth-order valence-electron chi connectivity index (χ4n) is 5.51. The molecule has 0 saturated carbocycles. The fraction of sp³-hybridized carbons (Fsp3) is 0. The van der Waals surface area contributed by atoms with Crippen LogP contribution in [-0.2, 0) is 0 Å². The predicted molar refractivity (Wildman–Crippen MR) is 172 cm³/mol. The van der Waals surface area contributed by atoms with E-state index in [0.717, 1.165) is 50.9 Å². The summed E-state index contributed by atoms with van der Waals surface area (Å²) < 4.78 is 5.85. The first-order chi connectivity index (χ1) is 21.3. The van der Waals surface area contributed by atoms with Gasteiger partial charge >= 0.3 is 0 Å². The molecule has 0 unspecified atom stereocenters. The highest BCUT2D eigenvalue weighted by atomic mass is 15.4. The van der Waals surface area contributed by atoms with Crippen LogP contribution in [0.5, 0.6) is 0 Å². The topological polar surface area (TPSA) is 53.5 Å². The molecule has 6 nitrogen and oxygen atoms in total. The van der Waals surface area contributed by atoms with Gasteiger partial charge in [0.1, 0.15) is 11.4 Å². The second kappa shape index (κ2) is 10.4. The molecule has 0 aliphatic heterocycles. The van der Waals surface area contributed by atoms with Crippen molar-refractivity contribution in [2.75, 3.05) is 0 Å². The fourth-order valence-corrected chi connectivity index (χ4v) is 5.51. The average Bonchev–Trinajstić information content (AvgIpc) is 3.84. The molecule has 0 saturated heterocycles. The van der Waals surface area contributed by atoms with Crippen molar-refractivity contribution in [2.24, 2.45) is 0 Å². The molecule has 6 heteroatoms. The number of fused-ring (bicyclic) bond motifs is 1. The van der Waals surface area contributed by atoms with Gasteiger partial charge in [-0.2, -0.15) is 10.2 Å². The van der Waals surface area contributed by atoms with Gasteiger partial charge in [-0.1, -0.05) is 91.0 Å². The maximum atomic E-state index is 4.92. The normalized spacial score (nSPS) is 11.3. The first-order valence-corrected chi connectivity index (χ1v) is 14.2. The number of hydrogen-bond acceptors (Lipinski definition) is 3. The van der Waals surface area contributed by atoms with Crippen molar-refractivity contribution < 1.29 is 0 Å². The largest absolute Gasteiger partial charge is 0.277 e. The first kappa shape index (κ1) is 24.8. The summed E-state index contributed by atoms with van der Waals surface area (Å²) in [4.78, 5) is 4.92. The van der Waals surface area contributed by atoms with Crippen molar-refractivity contribution in [1.82, 2.24) is 29.1 Å². The molecule has 0 atom stereocenters. The minimum Gasteiger partial charge on any atom is -0.277 e. The van der Waals surface area contributed by atoms with Crippen LogP contribution in [0, 0.1) is 0 Å². The van der Waals surface area contributed by atoms with E-state index in [1.807, 2.05) is 76.4 Å². The predicted octanol–water partition coefficient (Wildman–Crippen LogP) is 8.40. The van der Waals surface area contributed by atoms with Crippen molar-refractivity contribution in [3.63, 3.8) is 0 Å². The third-order valence-electron chi connectivity index (χ3n) is 7.62. The number of hydrogen-bond donors (Lipinski definition) is 0. The monoisotopic (exact) mass is 554 g/mol. The van der Waals surface area contributed by atoms with Gasteiger partial charge < -0.3 is 0 Å². The molecule has 0 radical (unpaired) electrons. The van der Waals surface area contributed by atoms with E-state index in [0.29, 0.717) is 0 Å². The number of para-hydroxylation sites is 3. The van der Waals surface area contributed by atoms with Crippen LogP contribution >= 0.6 is 0 Å². The minimum absolute atomic E-state index is 0.725. The lowest BCUT2D eigenvalue weighted by Crippen LogP contribution is -2.06. The Morgan fingerprint density at radius 2 is 0.977 bits per heavy atom. The summed E-state index contributed by atoms with van der Waals surface area (Å²) in [7, 11) is 0. The Labute approximate surface area is 248 Å². The lowest BCUT2D eigenvalue weighted by atomic mass is 9.99. The zero-order chi connectivity index (χ0) is 28.6. The molecule has 0 N–H and O–H groups in total. The molecule has 8 rings (SSSR count). The van der Waals surface area contributed by atoms with Crippen LogP contribution in [0.1, 0.15) is 0 Å². The van der Waals surface area contributed by atoms with Crippen LogP contribution < -0.4 is 0 Å². The van der Waals surface area contributed by atoms with E-state index in [4.69, 9.17) is 15.2 Å². The number of rotatable bonds is 6. The summed E-state index contributed by atoms with van der Waals surface area (Å²) >= 11 is 0. The zero-order valence-electron chi connectivity index (χ0n) is 23.2. The zero-order valence-corrected chi connectivity index (χ0v) is 23.2. The molecule has 0 aliphatic carbocycles. The van der Waals surface area contributed by atoms with Crippen LogP contribution in [-0.4, -0.2) is 29.1 Å². The second-order valence-electron chi connectivity index (χ2n) is 10.4. The van der Waals surface area contributed by atoms with E-state index in [1.54, 1.807) is 0 Å². The molecule has 3 heterocycles. The van der Waals surface area contributed by atoms with E-state index >= 15 is 0 Å². The Morgan fingerprint density at radius 3 is 1.77 bits per heavy atom. The maximum absolute atomic E-state index is 4.92. The van der Waals surface area contributed by atoms with Gasteiger partial charge in [-0.25, -0.2) is 14.3 Å². The minimum atomic E-state index is 0.725. The van der Waals surface area contributed by atoms with Gasteiger partial charge in [0.15, 0.2) is 0 Å². The van der Waals surface area contributed by atoms with Crippen molar-refractivity contribution in [3.05, 3.63) is 158 Å². The smallest absolute Gasteiger partial charge is 0.236 e. The quantitative estimate of drug-likeness (QED) is 0.207. The van der Waals surface area contributed by atoms with Crippen molar-refractivity contribution in [1.29, 1.82) is 0 Å². The Hall–Kier alpha value is -6.01. The Balaban J connectivity index is 1.11. The van der Waals surface area contributed by atoms with Crippen LogP contribution in [0.2, 0.25) is 0 Å². The lowest BCUT2D eigenvalue weighted by Gasteiger charge is -2.09. The Bertz CT molecular complexity index is 2190. The summed E-state index contributed by atoms with van der Waals surface area (Å²) in [6.07, 6.45) is 3.92. The standard InChI is InChI=1S/C37H26N6/c1-3-11-27(12-4-1)28-13-9-14-29(25-28)30-15-10-18-32(26-30)41-23-21-33(39-41)34-22-24-42(40-34)37-38-35-19-7-8-20-36(35)43(37)31-16-5-2-6-17-31/h1-26H. The third-order valence-corrected chi connectivity index (χ3v) is 7.62. The molecule has 204 valence electrons. The molecule has 0 bridgehead atoms. The number of aromatic nitrogens is 6. The molecular weight excluding hydrogens is 528 g/mol. The SMILES string of the molecule is c1ccc(-c2cccc(-c3cccc(-n4ccc(-c5ccn(-c6nc7ccccc7n6-c6ccccc6)n5)n4)c3)c2)cc1. The van der Waals surface area contributed by atoms with E-state index in [9.17, 15) is 0 Å². The van der Waals surface area contributed by atoms with Crippen LogP contribution in [0.25, 0.3) is 62.0 Å². The number of nitrogens with zero attached hydrogens (tertiary/aromatic N) is 6. The van der Waals surface area contributed by atoms with Crippen molar-refractivity contribution in [2.45, 2.75) is 0 Å². The van der Waals surface area contributed by atoms with Crippen molar-refractivity contribution >= 4 is 11.0 Å². The number of imidazole rings is 1. The molecule has 0 aliphatic rings. The number of benzene rings is 5. The van der Waals surface area contributed by atoms with Gasteiger partial charge in [0.05, 0.1) is 16.7 Å². The second-order valence-corrected chi connectivity index (χ2v) is 10.4. The summed E-state index contributed by atoms with van der Waals surface area (Å²) in [6, 6.07) is 49.9. The summed E-state index contributed by atoms with van der Waals surface area (Å²) in [6.45, 7) is 0. The molecule has 3 aromatic heterocycles. The maximum Gasteiger partial charge on any atom is 0.236 e. The van der Waals surface area contributed by atoms with Gasteiger partial charge in [0.2, 0.25) is 5.95 Å². The molecule has 43 heavy (non-hydrogen) atoms. The Morgan fingerprint density at radius 1 is 0.419 bits per heavy atom. The van der Waals surface area contributed by atoms with Gasteiger partial charge in [-0.3, -0.25) is 4.57 Å². The third kappa shape index (κ3) is 4.61. The van der Waals surface area contributed by atoms with E-state index in [2.05, 4.69) is 95.6 Å². The van der Waals surface area contributed by atoms with E-state index in [-0.39, 0.29) is 0 Å². The Kier molecular flexibility index (Phi) is 6.01. The van der Waals surface area contributed by atoms with Gasteiger partial charge in [0, 0.05) is 18.1 Å². The van der Waals surface area contributed by atoms with Crippen LogP contribution in [0.15, 0.2) is 158 Å². The molecule has 5 aromatic carbocycles. The first-order valence-electron chi connectivity index (χ1n) is 14.2. The summed E-state index contributed by atoms with van der Waals surface area (Å²) in [5, 5.41) is 9.79. The molecule has 8 aromatic rings. The molecule has 0 spiro atoms. The van der Waals surface area contributed by atoms with E-state index < -0.39 is 0 Å². The van der Waals surface area contributed by atoms with Crippen molar-refractivity contribution in [3.8, 4) is 51.0 Å². The molecular formula is C37H26N6. The summed E-state index contributed by atoms with van der Waals surface area (Å²) in [5.41, 5.74) is 10.2. The highest BCUT2D eigenvalue weighted by molar-refractivity contribution is 5.80. The summed E-state index contributed by atoms with van der Waals surface area (Å²) in [5.74, 6) is 0.725. The van der Waals surface area contributed by atoms with Gasteiger partial charge in [-0.15, -0.1) is 0 Å².